The fraction of sp³-hybridized carbons (Fsp3) is 0.429. The summed E-state index contributed by atoms with van der Waals surface area (Å²) in [5, 5.41) is 2.80. The van der Waals surface area contributed by atoms with E-state index >= 15 is 0 Å². The van der Waals surface area contributed by atoms with Gasteiger partial charge in [0.25, 0.3) is 11.9 Å². The maximum atomic E-state index is 12.8. The van der Waals surface area contributed by atoms with Crippen LogP contribution >= 0.6 is 11.6 Å². The summed E-state index contributed by atoms with van der Waals surface area (Å²) in [5.41, 5.74) is 3.93. The van der Waals surface area contributed by atoms with Crippen LogP contribution in [-0.4, -0.2) is 17.3 Å². The van der Waals surface area contributed by atoms with Crippen molar-refractivity contribution in [3.05, 3.63) is 59.0 Å². The molecule has 1 saturated carbocycles. The first-order valence-corrected chi connectivity index (χ1v) is 9.04. The minimum absolute atomic E-state index is 0.0729. The van der Waals surface area contributed by atoms with Crippen LogP contribution in [-0.2, 0) is 10.2 Å². The number of carbonyl (C=O) groups excluding carboxylic acids is 1. The van der Waals surface area contributed by atoms with Gasteiger partial charge in [0.1, 0.15) is 0 Å². The molecule has 0 aromatic heterocycles. The summed E-state index contributed by atoms with van der Waals surface area (Å²) < 4.78 is 0. The third-order valence-electron chi connectivity index (χ3n) is 6.59. The molecule has 128 valence electrons. The lowest BCUT2D eigenvalue weighted by Gasteiger charge is -2.50. The summed E-state index contributed by atoms with van der Waals surface area (Å²) in [6.45, 7) is 18.2. The smallest absolute Gasteiger partial charge is 0.256 e. The summed E-state index contributed by atoms with van der Waals surface area (Å²) in [7, 11) is 0. The van der Waals surface area contributed by atoms with Crippen molar-refractivity contribution >= 4 is 28.8 Å². The lowest BCUT2D eigenvalue weighted by Crippen LogP contribution is -2.51. The van der Waals surface area contributed by atoms with Gasteiger partial charge in [0.05, 0.1) is 16.4 Å². The Balaban J connectivity index is 2.10. The van der Waals surface area contributed by atoms with Gasteiger partial charge in [-0.15, -0.1) is 18.2 Å². The van der Waals surface area contributed by atoms with Gasteiger partial charge in [0, 0.05) is 16.8 Å². The zero-order valence-electron chi connectivity index (χ0n) is 14.7. The van der Waals surface area contributed by atoms with Crippen molar-refractivity contribution in [1.82, 2.24) is 0 Å². The molecule has 1 aliphatic heterocycles. The Hall–Kier alpha value is -2.05. The number of hydrogen-bond acceptors (Lipinski definition) is 1. The average molecular weight is 353 g/mol. The molecule has 4 heteroatoms. The van der Waals surface area contributed by atoms with Gasteiger partial charge in [-0.2, -0.15) is 0 Å². The highest BCUT2D eigenvalue weighted by Gasteiger charge is 2.59. The van der Waals surface area contributed by atoms with Crippen LogP contribution < -0.4 is 5.32 Å². The quantitative estimate of drug-likeness (QED) is 0.440. The first kappa shape index (κ1) is 16.4. The van der Waals surface area contributed by atoms with Gasteiger partial charge in [-0.05, 0) is 36.3 Å². The van der Waals surface area contributed by atoms with Gasteiger partial charge in [-0.1, -0.05) is 32.1 Å². The predicted octanol–water partition coefficient (Wildman–Crippen LogP) is 4.79. The fourth-order valence-corrected chi connectivity index (χ4v) is 5.34. The Labute approximate surface area is 153 Å². The number of nitrogens with one attached hydrogen (secondary N) is 1. The van der Waals surface area contributed by atoms with Crippen LogP contribution in [0.1, 0.15) is 38.3 Å². The number of halogens is 1. The number of rotatable bonds is 1. The maximum Gasteiger partial charge on any atom is 0.256 e. The monoisotopic (exact) mass is 352 g/mol. The summed E-state index contributed by atoms with van der Waals surface area (Å²) in [6.07, 6.45) is 2.54. The number of carbonyl (C=O) groups is 1. The molecule has 0 radical (unpaired) electrons. The van der Waals surface area contributed by atoms with Crippen molar-refractivity contribution in [3.8, 4) is 0 Å². The second kappa shape index (κ2) is 4.99. The second-order valence-corrected chi connectivity index (χ2v) is 8.62. The molecule has 3 aliphatic rings. The highest BCUT2D eigenvalue weighted by Crippen LogP contribution is 2.60. The molecule has 1 fully saturated rings. The molecule has 0 spiro atoms. The Morgan fingerprint density at radius 3 is 2.76 bits per heavy atom. The number of nitrogens with zero attached hydrogens (tertiary/aromatic N) is 1. The third kappa shape index (κ3) is 1.84. The van der Waals surface area contributed by atoms with Gasteiger partial charge in [0.15, 0.2) is 0 Å². The molecule has 2 aliphatic carbocycles. The van der Waals surface area contributed by atoms with Crippen LogP contribution in [0, 0.1) is 17.9 Å². The summed E-state index contributed by atoms with van der Waals surface area (Å²) >= 11 is 6.77. The number of amides is 1. The van der Waals surface area contributed by atoms with Crippen LogP contribution in [0.15, 0.2) is 36.4 Å². The molecule has 25 heavy (non-hydrogen) atoms. The van der Waals surface area contributed by atoms with Crippen LogP contribution in [0.2, 0.25) is 0 Å². The van der Waals surface area contributed by atoms with E-state index in [9.17, 15) is 4.79 Å². The molecule has 1 aromatic rings. The van der Waals surface area contributed by atoms with Crippen molar-refractivity contribution in [2.24, 2.45) is 11.3 Å². The molecule has 4 atom stereocenters. The van der Waals surface area contributed by atoms with E-state index in [1.165, 1.54) is 5.56 Å². The normalized spacial score (nSPS) is 34.7. The zero-order valence-corrected chi connectivity index (χ0v) is 15.4. The lowest BCUT2D eigenvalue weighted by atomic mass is 9.53. The van der Waals surface area contributed by atoms with Crippen LogP contribution in [0.3, 0.4) is 0 Å². The van der Waals surface area contributed by atoms with Crippen LogP contribution in [0.4, 0.5) is 5.69 Å². The number of fused-ring (bicyclic) bond motifs is 1. The van der Waals surface area contributed by atoms with Crippen molar-refractivity contribution in [1.29, 1.82) is 0 Å². The summed E-state index contributed by atoms with van der Waals surface area (Å²) in [4.78, 5) is 16.8. The molecule has 0 saturated heterocycles. The van der Waals surface area contributed by atoms with Gasteiger partial charge in [-0.3, -0.25) is 4.79 Å². The van der Waals surface area contributed by atoms with E-state index in [4.69, 9.17) is 18.2 Å². The number of alkyl halides is 1. The van der Waals surface area contributed by atoms with E-state index in [0.29, 0.717) is 5.57 Å². The Kier molecular flexibility index (Phi) is 3.28. The van der Waals surface area contributed by atoms with Gasteiger partial charge >= 0.3 is 0 Å². The molecule has 3 nitrogen and oxygen atoms in total. The van der Waals surface area contributed by atoms with Crippen molar-refractivity contribution < 1.29 is 4.79 Å². The Morgan fingerprint density at radius 1 is 1.40 bits per heavy atom. The standard InChI is InChI=1S/C21H21ClN2O/c1-6-21(4)14(22)10-12-16(18(21)23-5)17-15-11(20(12,2)3)8-7-9-13(15)24-19(17)25/h6-9,12,14,18H,1,10H2,2-4H3,(H,24,25)/t12-,14+,18-,21-/m0/s1. The van der Waals surface area contributed by atoms with Crippen LogP contribution in [0.25, 0.3) is 10.4 Å². The van der Waals surface area contributed by atoms with E-state index < -0.39 is 11.5 Å². The minimum atomic E-state index is -0.548. The molecule has 0 unspecified atom stereocenters. The van der Waals surface area contributed by atoms with E-state index in [-0.39, 0.29) is 22.6 Å². The van der Waals surface area contributed by atoms with E-state index in [0.717, 1.165) is 23.2 Å². The van der Waals surface area contributed by atoms with Gasteiger partial charge in [-0.25, -0.2) is 6.57 Å². The highest BCUT2D eigenvalue weighted by molar-refractivity contribution is 6.33. The Morgan fingerprint density at radius 2 is 2.12 bits per heavy atom. The molecular weight excluding hydrogens is 332 g/mol. The summed E-state index contributed by atoms with van der Waals surface area (Å²) in [5.74, 6) is -0.0187. The fourth-order valence-electron chi connectivity index (χ4n) is 4.95. The minimum Gasteiger partial charge on any atom is -0.321 e. The average Bonchev–Trinajstić information content (AvgIpc) is 2.91. The highest BCUT2D eigenvalue weighted by atomic mass is 35.5. The first-order chi connectivity index (χ1) is 11.8. The number of hydrogen-bond donors (Lipinski definition) is 1. The Bertz CT molecular complexity index is 892. The SMILES string of the molecule is [C-]#[N+][C@H]1C2=C3C(=O)Nc4cccc(c43)C(C)(C)[C@H]2C[C@@H](Cl)[C@]1(C)C=C. The van der Waals surface area contributed by atoms with Crippen molar-refractivity contribution in [3.63, 3.8) is 0 Å². The molecule has 1 aromatic carbocycles. The summed E-state index contributed by atoms with van der Waals surface area (Å²) in [6, 6.07) is 5.57. The second-order valence-electron chi connectivity index (χ2n) is 8.09. The predicted molar refractivity (Wildman–Crippen MR) is 101 cm³/mol. The van der Waals surface area contributed by atoms with E-state index in [1.54, 1.807) is 6.08 Å². The van der Waals surface area contributed by atoms with Gasteiger partial charge in [0.2, 0.25) is 0 Å². The number of anilines is 1. The first-order valence-electron chi connectivity index (χ1n) is 8.60. The lowest BCUT2D eigenvalue weighted by molar-refractivity contribution is -0.110. The molecule has 1 N–H and O–H groups in total. The third-order valence-corrected chi connectivity index (χ3v) is 7.24. The largest absolute Gasteiger partial charge is 0.321 e. The van der Waals surface area contributed by atoms with E-state index in [1.807, 2.05) is 19.1 Å². The van der Waals surface area contributed by atoms with Gasteiger partial charge < -0.3 is 10.2 Å². The molecular formula is C21H21ClN2O. The number of benzene rings is 1. The van der Waals surface area contributed by atoms with Crippen molar-refractivity contribution in [2.45, 2.75) is 44.0 Å². The topological polar surface area (TPSA) is 33.5 Å². The molecule has 0 bridgehead atoms. The van der Waals surface area contributed by atoms with Crippen LogP contribution in [0.5, 0.6) is 0 Å². The maximum absolute atomic E-state index is 12.8. The molecule has 1 amide bonds. The zero-order chi connectivity index (χ0) is 18.1. The van der Waals surface area contributed by atoms with Crippen molar-refractivity contribution in [2.75, 3.05) is 5.32 Å². The molecule has 1 heterocycles. The van der Waals surface area contributed by atoms with E-state index in [2.05, 4.69) is 36.7 Å². The molecule has 4 rings (SSSR count).